The van der Waals surface area contributed by atoms with Gasteiger partial charge in [0, 0.05) is 5.69 Å². The molecule has 4 aliphatic carbocycles. The molecule has 3 aromatic carbocycles. The third-order valence-electron chi connectivity index (χ3n) is 11.4. The number of benzene rings is 3. The molecule has 0 spiro atoms. The lowest BCUT2D eigenvalue weighted by Crippen LogP contribution is -2.71. The summed E-state index contributed by atoms with van der Waals surface area (Å²) >= 11 is 0. The first kappa shape index (κ1) is 38.0. The molecule has 1 heterocycles. The molecule has 2 N–H and O–H groups in total. The van der Waals surface area contributed by atoms with E-state index in [1.54, 1.807) is 31.0 Å². The third-order valence-corrected chi connectivity index (χ3v) is 11.4. The Kier molecular flexibility index (Phi) is 10.4. The van der Waals surface area contributed by atoms with Crippen LogP contribution in [0.5, 0.6) is 11.5 Å². The first-order valence-electron chi connectivity index (χ1n) is 19.3. The lowest BCUT2D eigenvalue weighted by atomic mass is 9.48. The Morgan fingerprint density at radius 2 is 1.49 bits per heavy atom. The molecule has 4 aliphatic rings. The predicted molar refractivity (Wildman–Crippen MR) is 210 cm³/mol. The zero-order valence-corrected chi connectivity index (χ0v) is 32.8. The minimum Gasteiger partial charge on any atom is -0.496 e. The van der Waals surface area contributed by atoms with Crippen LogP contribution in [0.3, 0.4) is 0 Å². The zero-order valence-electron chi connectivity index (χ0n) is 32.8. The molecule has 290 valence electrons. The lowest BCUT2D eigenvalue weighted by Gasteiger charge is -2.59. The van der Waals surface area contributed by atoms with E-state index in [0.29, 0.717) is 46.0 Å². The topological polar surface area (TPSA) is 130 Å². The molecule has 0 saturated heterocycles. The van der Waals surface area contributed by atoms with Crippen LogP contribution in [0, 0.1) is 23.7 Å². The molecule has 1 aromatic heterocycles. The van der Waals surface area contributed by atoms with Gasteiger partial charge in [0.1, 0.15) is 29.2 Å². The molecule has 4 bridgehead atoms. The fourth-order valence-electron chi connectivity index (χ4n) is 9.25. The molecular weight excluding hydrogens is 697 g/mol. The SMILES string of the molecule is COc1cccc(OC)c1-c1cc(C(=O)NC2(C(=O)OC(C)(C)C)C3CC4CC(C3)CC2C4)nn1-c1ccc(NC(=O)OCc2ccccc2)cc1C(C)C. The molecule has 0 radical (unpaired) electrons. The molecule has 0 unspecified atom stereocenters. The van der Waals surface area contributed by atoms with Gasteiger partial charge >= 0.3 is 12.1 Å². The Hall–Kier alpha value is -5.32. The van der Waals surface area contributed by atoms with Crippen molar-refractivity contribution in [2.24, 2.45) is 23.7 Å². The number of hydrogen-bond acceptors (Lipinski definition) is 8. The summed E-state index contributed by atoms with van der Waals surface area (Å²) in [5.74, 6) is 1.35. The first-order chi connectivity index (χ1) is 26.3. The number of nitrogens with one attached hydrogen (secondary N) is 2. The lowest BCUT2D eigenvalue weighted by molar-refractivity contribution is -0.180. The number of carbonyl (C=O) groups excluding carboxylic acids is 3. The van der Waals surface area contributed by atoms with E-state index in [0.717, 1.165) is 36.8 Å². The highest BCUT2D eigenvalue weighted by molar-refractivity contribution is 5.98. The van der Waals surface area contributed by atoms with Crippen LogP contribution in [0.2, 0.25) is 0 Å². The Labute approximate surface area is 323 Å². The maximum atomic E-state index is 14.7. The second kappa shape index (κ2) is 15.1. The fourth-order valence-corrected chi connectivity index (χ4v) is 9.25. The number of methoxy groups -OCH3 is 2. The van der Waals surface area contributed by atoms with Gasteiger partial charge in [0.25, 0.3) is 5.91 Å². The van der Waals surface area contributed by atoms with Gasteiger partial charge in [-0.1, -0.05) is 50.2 Å². The van der Waals surface area contributed by atoms with Gasteiger partial charge < -0.3 is 24.3 Å². The molecule has 55 heavy (non-hydrogen) atoms. The van der Waals surface area contributed by atoms with Crippen LogP contribution in [0.15, 0.2) is 72.8 Å². The number of aromatic nitrogens is 2. The van der Waals surface area contributed by atoms with Crippen LogP contribution in [0.25, 0.3) is 16.9 Å². The van der Waals surface area contributed by atoms with Crippen LogP contribution in [-0.2, 0) is 20.9 Å². The van der Waals surface area contributed by atoms with Crippen LogP contribution in [0.1, 0.15) is 94.3 Å². The number of carbonyl (C=O) groups is 3. The summed E-state index contributed by atoms with van der Waals surface area (Å²) in [5.41, 5.74) is 2.43. The van der Waals surface area contributed by atoms with E-state index in [2.05, 4.69) is 10.6 Å². The number of rotatable bonds is 11. The standard InChI is InChI=1S/C44H52N4O7/c1-26(2)33-23-32(45-42(51)54-25-27-12-9-8-10-13-27)16-17-35(33)48-36(39-37(52-6)14-11-15-38(39)53-7)24-34(47-48)40(49)46-44(41(50)55-43(3,4)5)30-19-28-18-29(21-30)22-31(44)20-28/h8-17,23-24,26,28-31H,18-22,25H2,1-7H3,(H,45,51)(H,46,49). The number of esters is 1. The third kappa shape index (κ3) is 7.53. The fraction of sp³-hybridized carbons (Fsp3) is 0.455. The van der Waals surface area contributed by atoms with Gasteiger partial charge in [0.2, 0.25) is 0 Å². The summed E-state index contributed by atoms with van der Waals surface area (Å²) in [4.78, 5) is 41.8. The maximum Gasteiger partial charge on any atom is 0.411 e. The summed E-state index contributed by atoms with van der Waals surface area (Å²) in [5, 5.41) is 11.1. The van der Waals surface area contributed by atoms with Gasteiger partial charge in [-0.15, -0.1) is 0 Å². The first-order valence-corrected chi connectivity index (χ1v) is 19.3. The molecule has 0 atom stereocenters. The van der Waals surface area contributed by atoms with Crippen molar-refractivity contribution in [1.82, 2.24) is 15.1 Å². The van der Waals surface area contributed by atoms with Crippen molar-refractivity contribution in [3.05, 3.63) is 89.6 Å². The van der Waals surface area contributed by atoms with Gasteiger partial charge in [-0.05, 0) is 130 Å². The van der Waals surface area contributed by atoms with Gasteiger partial charge in [-0.25, -0.2) is 14.3 Å². The average molecular weight is 749 g/mol. The highest BCUT2D eigenvalue weighted by Crippen LogP contribution is 2.59. The van der Waals surface area contributed by atoms with Crippen molar-refractivity contribution < 1.29 is 33.3 Å². The zero-order chi connectivity index (χ0) is 39.1. The monoisotopic (exact) mass is 748 g/mol. The number of hydrogen-bond donors (Lipinski definition) is 2. The predicted octanol–water partition coefficient (Wildman–Crippen LogP) is 8.70. The van der Waals surface area contributed by atoms with Crippen LogP contribution in [0.4, 0.5) is 10.5 Å². The van der Waals surface area contributed by atoms with Gasteiger partial charge in [-0.3, -0.25) is 10.1 Å². The van der Waals surface area contributed by atoms with Crippen molar-refractivity contribution in [3.8, 4) is 28.4 Å². The number of ether oxygens (including phenoxy) is 4. The van der Waals surface area contributed by atoms with E-state index < -0.39 is 23.1 Å². The Balaban J connectivity index is 1.28. The largest absolute Gasteiger partial charge is 0.496 e. The number of amides is 2. The summed E-state index contributed by atoms with van der Waals surface area (Å²) in [6.45, 7) is 9.84. The summed E-state index contributed by atoms with van der Waals surface area (Å²) in [6, 6.07) is 22.2. The molecule has 0 aliphatic heterocycles. The highest BCUT2D eigenvalue weighted by Gasteiger charge is 2.63. The second-order valence-electron chi connectivity index (χ2n) is 16.6. The molecule has 4 saturated carbocycles. The van der Waals surface area contributed by atoms with Crippen molar-refractivity contribution in [3.63, 3.8) is 0 Å². The molecule has 8 rings (SSSR count). The molecular formula is C44H52N4O7. The summed E-state index contributed by atoms with van der Waals surface area (Å²) in [7, 11) is 3.17. The van der Waals surface area contributed by atoms with Gasteiger partial charge in [0.15, 0.2) is 5.69 Å². The number of nitrogens with zero attached hydrogens (tertiary/aromatic N) is 2. The van der Waals surface area contributed by atoms with E-state index in [1.165, 1.54) is 6.42 Å². The van der Waals surface area contributed by atoms with E-state index in [1.807, 2.05) is 95.3 Å². The van der Waals surface area contributed by atoms with Crippen LogP contribution < -0.4 is 20.1 Å². The molecule has 4 fully saturated rings. The van der Waals surface area contributed by atoms with E-state index >= 15 is 0 Å². The smallest absolute Gasteiger partial charge is 0.411 e. The Bertz CT molecular complexity index is 2020. The Morgan fingerprint density at radius 3 is 2.07 bits per heavy atom. The van der Waals surface area contributed by atoms with E-state index in [4.69, 9.17) is 24.0 Å². The average Bonchev–Trinajstić information content (AvgIpc) is 3.59. The maximum absolute atomic E-state index is 14.7. The quantitative estimate of drug-likeness (QED) is 0.146. The minimum absolute atomic E-state index is 0.00890. The molecule has 11 heteroatoms. The summed E-state index contributed by atoms with van der Waals surface area (Å²) < 4.78 is 25.0. The van der Waals surface area contributed by atoms with Crippen LogP contribution >= 0.6 is 0 Å². The molecule has 4 aromatic rings. The van der Waals surface area contributed by atoms with Crippen molar-refractivity contribution in [2.45, 2.75) is 90.4 Å². The van der Waals surface area contributed by atoms with Crippen molar-refractivity contribution in [1.29, 1.82) is 0 Å². The van der Waals surface area contributed by atoms with Crippen molar-refractivity contribution >= 4 is 23.7 Å². The Morgan fingerprint density at radius 1 is 0.855 bits per heavy atom. The second-order valence-corrected chi connectivity index (χ2v) is 16.6. The minimum atomic E-state index is -1.14. The van der Waals surface area contributed by atoms with Crippen LogP contribution in [-0.4, -0.2) is 53.1 Å². The van der Waals surface area contributed by atoms with Crippen molar-refractivity contribution in [2.75, 3.05) is 19.5 Å². The van der Waals surface area contributed by atoms with E-state index in [-0.39, 0.29) is 36.0 Å². The normalized spacial score (nSPS) is 22.6. The summed E-state index contributed by atoms with van der Waals surface area (Å²) in [6.07, 6.45) is 4.18. The highest BCUT2D eigenvalue weighted by atomic mass is 16.6. The van der Waals surface area contributed by atoms with Gasteiger partial charge in [-0.2, -0.15) is 5.10 Å². The van der Waals surface area contributed by atoms with E-state index in [9.17, 15) is 14.4 Å². The van der Waals surface area contributed by atoms with Gasteiger partial charge in [0.05, 0.1) is 31.2 Å². The molecule has 2 amide bonds. The number of anilines is 1. The molecule has 11 nitrogen and oxygen atoms in total.